The van der Waals surface area contributed by atoms with E-state index in [9.17, 15) is 10.4 Å². The number of nitrogens with zero attached hydrogens (tertiary/aromatic N) is 1. The average molecular weight is 335 g/mol. The van der Waals surface area contributed by atoms with Crippen LogP contribution < -0.4 is 0 Å². The van der Waals surface area contributed by atoms with E-state index in [1.165, 1.54) is 5.56 Å². The van der Waals surface area contributed by atoms with Crippen LogP contribution in [0.2, 0.25) is 0 Å². The van der Waals surface area contributed by atoms with Crippen molar-refractivity contribution in [1.82, 2.24) is 0 Å². The molecule has 0 bridgehead atoms. The predicted octanol–water partition coefficient (Wildman–Crippen LogP) is 5.74. The number of phenolic OH excluding ortho intramolecular Hbond substituents is 1. The van der Waals surface area contributed by atoms with Crippen molar-refractivity contribution >= 4 is 0 Å². The summed E-state index contributed by atoms with van der Waals surface area (Å²) < 4.78 is 0. The second kappa shape index (κ2) is 7.31. The molecule has 0 aliphatic heterocycles. The number of nitriles is 1. The van der Waals surface area contributed by atoms with Crippen LogP contribution in [0.4, 0.5) is 0 Å². The third-order valence-electron chi connectivity index (χ3n) is 4.84. The van der Waals surface area contributed by atoms with Crippen molar-refractivity contribution in [3.63, 3.8) is 0 Å². The molecule has 0 heterocycles. The van der Waals surface area contributed by atoms with Gasteiger partial charge >= 0.3 is 0 Å². The normalized spacial score (nSPS) is 13.3. The Labute approximate surface area is 152 Å². The van der Waals surface area contributed by atoms with E-state index >= 15 is 0 Å². The first kappa shape index (κ1) is 19.1. The largest absolute Gasteiger partial charge is 0.507 e. The molecule has 1 atom stereocenters. The average Bonchev–Trinajstić information content (AvgIpc) is 2.54. The molecule has 0 saturated heterocycles. The second-order valence-electron chi connectivity index (χ2n) is 8.56. The van der Waals surface area contributed by atoms with Crippen molar-refractivity contribution in [3.05, 3.63) is 65.2 Å². The van der Waals surface area contributed by atoms with Gasteiger partial charge in [-0.15, -0.1) is 0 Å². The summed E-state index contributed by atoms with van der Waals surface area (Å²) in [6, 6.07) is 18.6. The lowest BCUT2D eigenvalue weighted by Crippen LogP contribution is -2.24. The van der Waals surface area contributed by atoms with Crippen LogP contribution >= 0.6 is 0 Å². The zero-order valence-electron chi connectivity index (χ0n) is 16.0. The van der Waals surface area contributed by atoms with Gasteiger partial charge in [-0.05, 0) is 40.4 Å². The maximum atomic E-state index is 10.9. The third-order valence-corrected chi connectivity index (χ3v) is 4.84. The van der Waals surface area contributed by atoms with Crippen LogP contribution in [-0.2, 0) is 17.3 Å². The second-order valence-corrected chi connectivity index (χ2v) is 8.56. The Bertz CT molecular complexity index is 748. The molecule has 0 aliphatic carbocycles. The highest BCUT2D eigenvalue weighted by Crippen LogP contribution is 2.41. The molecule has 2 nitrogen and oxygen atoms in total. The smallest absolute Gasteiger partial charge is 0.123 e. The monoisotopic (exact) mass is 335 g/mol. The van der Waals surface area contributed by atoms with E-state index < -0.39 is 0 Å². The lowest BCUT2D eigenvalue weighted by Gasteiger charge is -2.31. The summed E-state index contributed by atoms with van der Waals surface area (Å²) in [7, 11) is 0. The molecule has 0 radical (unpaired) electrons. The molecule has 1 N–H and O–H groups in total. The molecular weight excluding hydrogens is 306 g/mol. The summed E-state index contributed by atoms with van der Waals surface area (Å²) in [6.07, 6.45) is 1.44. The van der Waals surface area contributed by atoms with Crippen molar-refractivity contribution in [2.45, 2.75) is 58.3 Å². The highest BCUT2D eigenvalue weighted by atomic mass is 16.3. The zero-order valence-corrected chi connectivity index (χ0v) is 16.0. The summed E-state index contributed by atoms with van der Waals surface area (Å²) in [5, 5.41) is 20.5. The number of para-hydroxylation sites is 1. The van der Waals surface area contributed by atoms with Crippen molar-refractivity contribution in [1.29, 1.82) is 5.26 Å². The fraction of sp³-hybridized carbons (Fsp3) is 0.435. The summed E-state index contributed by atoms with van der Waals surface area (Å²) in [6.45, 7) is 10.5. The van der Waals surface area contributed by atoms with Gasteiger partial charge in [0.05, 0.1) is 12.0 Å². The van der Waals surface area contributed by atoms with E-state index in [4.69, 9.17) is 0 Å². The minimum atomic E-state index is -0.277. The lowest BCUT2D eigenvalue weighted by atomic mass is 9.73. The molecule has 0 saturated carbocycles. The Morgan fingerprint density at radius 2 is 1.52 bits per heavy atom. The third kappa shape index (κ3) is 4.63. The fourth-order valence-corrected chi connectivity index (χ4v) is 3.48. The van der Waals surface area contributed by atoms with Crippen LogP contribution in [0.5, 0.6) is 5.75 Å². The molecule has 2 aromatic rings. The van der Waals surface area contributed by atoms with Gasteiger partial charge in [0.15, 0.2) is 0 Å². The van der Waals surface area contributed by atoms with Gasteiger partial charge in [-0.2, -0.15) is 5.26 Å². The van der Waals surface area contributed by atoms with E-state index in [0.717, 1.165) is 17.5 Å². The maximum Gasteiger partial charge on any atom is 0.123 e. The van der Waals surface area contributed by atoms with E-state index in [1.54, 1.807) is 0 Å². The number of hydrogen-bond donors (Lipinski definition) is 1. The van der Waals surface area contributed by atoms with Gasteiger partial charge in [0.2, 0.25) is 0 Å². The Balaban J connectivity index is 2.28. The van der Waals surface area contributed by atoms with Gasteiger partial charge in [-0.1, -0.05) is 83.1 Å². The molecule has 0 fully saturated rings. The van der Waals surface area contributed by atoms with Gasteiger partial charge in [-0.3, -0.25) is 0 Å². The van der Waals surface area contributed by atoms with E-state index in [2.05, 4.69) is 52.8 Å². The minimum Gasteiger partial charge on any atom is -0.507 e. The molecule has 0 aliphatic rings. The minimum absolute atomic E-state index is 0.0879. The van der Waals surface area contributed by atoms with Crippen molar-refractivity contribution in [2.75, 3.05) is 0 Å². The van der Waals surface area contributed by atoms with Gasteiger partial charge in [0, 0.05) is 0 Å². The Hall–Kier alpha value is -2.27. The lowest BCUT2D eigenvalue weighted by molar-refractivity contribution is 0.376. The maximum absolute atomic E-state index is 10.9. The Morgan fingerprint density at radius 3 is 2.08 bits per heavy atom. The highest BCUT2D eigenvalue weighted by molar-refractivity contribution is 5.47. The summed E-state index contributed by atoms with van der Waals surface area (Å²) >= 11 is 0. The van der Waals surface area contributed by atoms with Gasteiger partial charge in [0.1, 0.15) is 5.75 Å². The van der Waals surface area contributed by atoms with Gasteiger partial charge < -0.3 is 5.11 Å². The first-order valence-electron chi connectivity index (χ1n) is 8.91. The summed E-state index contributed by atoms with van der Waals surface area (Å²) in [5.41, 5.74) is 2.66. The van der Waals surface area contributed by atoms with Crippen LogP contribution in [0, 0.1) is 17.2 Å². The molecule has 25 heavy (non-hydrogen) atoms. The molecule has 0 spiro atoms. The van der Waals surface area contributed by atoms with Gasteiger partial charge in [0.25, 0.3) is 0 Å². The summed E-state index contributed by atoms with van der Waals surface area (Å²) in [5.74, 6) is 0.284. The quantitative estimate of drug-likeness (QED) is 0.757. The first-order chi connectivity index (χ1) is 11.6. The van der Waals surface area contributed by atoms with Crippen molar-refractivity contribution in [3.8, 4) is 11.8 Å². The van der Waals surface area contributed by atoms with Crippen LogP contribution in [0.15, 0.2) is 48.5 Å². The SMILES string of the molecule is CC(C)(C)c1cccc(C(C)(C)CC(C#N)Cc2ccccc2)c1O. The summed E-state index contributed by atoms with van der Waals surface area (Å²) in [4.78, 5) is 0. The number of benzene rings is 2. The Kier molecular flexibility index (Phi) is 5.58. The molecule has 0 amide bonds. The molecular formula is C23H29NO. The van der Waals surface area contributed by atoms with E-state index in [-0.39, 0.29) is 16.7 Å². The van der Waals surface area contributed by atoms with E-state index in [0.29, 0.717) is 12.2 Å². The molecule has 1 unspecified atom stereocenters. The standard InChI is InChI=1S/C23H29NO/c1-22(2,3)19-12-9-13-20(21(19)25)23(4,5)15-18(16-24)14-17-10-7-6-8-11-17/h6-13,18,25H,14-15H2,1-5H3. The van der Waals surface area contributed by atoms with E-state index in [1.807, 2.05) is 36.4 Å². The molecule has 132 valence electrons. The molecule has 0 aromatic heterocycles. The van der Waals surface area contributed by atoms with Crippen molar-refractivity contribution in [2.24, 2.45) is 5.92 Å². The fourth-order valence-electron chi connectivity index (χ4n) is 3.48. The molecule has 2 heteroatoms. The highest BCUT2D eigenvalue weighted by Gasteiger charge is 2.30. The number of hydrogen-bond acceptors (Lipinski definition) is 2. The van der Waals surface area contributed by atoms with Crippen LogP contribution in [0.25, 0.3) is 0 Å². The number of aromatic hydroxyl groups is 1. The molecule has 2 aromatic carbocycles. The topological polar surface area (TPSA) is 44.0 Å². The zero-order chi connectivity index (χ0) is 18.7. The van der Waals surface area contributed by atoms with Crippen LogP contribution in [0.3, 0.4) is 0 Å². The molecule has 2 rings (SSSR count). The van der Waals surface area contributed by atoms with Crippen LogP contribution in [0.1, 0.15) is 57.7 Å². The van der Waals surface area contributed by atoms with Crippen LogP contribution in [-0.4, -0.2) is 5.11 Å². The first-order valence-corrected chi connectivity index (χ1v) is 8.91. The number of phenols is 1. The Morgan fingerprint density at radius 1 is 0.920 bits per heavy atom. The van der Waals surface area contributed by atoms with Crippen molar-refractivity contribution < 1.29 is 5.11 Å². The number of rotatable bonds is 5. The predicted molar refractivity (Wildman–Crippen MR) is 104 cm³/mol. The van der Waals surface area contributed by atoms with Gasteiger partial charge in [-0.25, -0.2) is 0 Å².